The van der Waals surface area contributed by atoms with Crippen molar-refractivity contribution in [1.29, 1.82) is 0 Å². The minimum Gasteiger partial charge on any atom is -0.355 e. The van der Waals surface area contributed by atoms with Crippen LogP contribution in [0.15, 0.2) is 29.2 Å². The van der Waals surface area contributed by atoms with Gasteiger partial charge in [0.05, 0.1) is 19.0 Å². The average molecular weight is 323 g/mol. The zero-order valence-corrected chi connectivity index (χ0v) is 14.4. The van der Waals surface area contributed by atoms with E-state index < -0.39 is 5.79 Å². The Bertz CT molecular complexity index is 483. The van der Waals surface area contributed by atoms with Crippen molar-refractivity contribution >= 4 is 17.7 Å². The van der Waals surface area contributed by atoms with Crippen LogP contribution in [0.5, 0.6) is 0 Å². The first-order chi connectivity index (χ1) is 10.5. The first kappa shape index (κ1) is 17.3. The zero-order valence-electron chi connectivity index (χ0n) is 13.6. The van der Waals surface area contributed by atoms with Crippen LogP contribution in [0.2, 0.25) is 0 Å². The smallest absolute Gasteiger partial charge is 0.230 e. The summed E-state index contributed by atoms with van der Waals surface area (Å²) >= 11 is 1.56. The third kappa shape index (κ3) is 5.63. The maximum atomic E-state index is 11.9. The normalized spacial score (nSPS) is 18.1. The fraction of sp³-hybridized carbons (Fsp3) is 0.588. The molecule has 1 heterocycles. The summed E-state index contributed by atoms with van der Waals surface area (Å²) in [5, 5.41) is 2.98. The van der Waals surface area contributed by atoms with Crippen LogP contribution in [-0.4, -0.2) is 37.2 Å². The minimum absolute atomic E-state index is 0.0656. The quantitative estimate of drug-likeness (QED) is 0.784. The molecule has 122 valence electrons. The van der Waals surface area contributed by atoms with E-state index in [0.29, 0.717) is 31.4 Å². The molecule has 1 aliphatic heterocycles. The number of amides is 1. The van der Waals surface area contributed by atoms with Gasteiger partial charge in [-0.25, -0.2) is 0 Å². The second-order valence-corrected chi connectivity index (χ2v) is 7.09. The molecular weight excluding hydrogens is 298 g/mol. The molecule has 4 nitrogen and oxygen atoms in total. The number of nitrogens with one attached hydrogen (secondary N) is 1. The molecule has 1 amide bonds. The Balaban J connectivity index is 1.65. The van der Waals surface area contributed by atoms with E-state index in [4.69, 9.17) is 9.47 Å². The molecule has 0 aliphatic carbocycles. The standard InChI is InChI=1S/C17H25NO3S/c1-13-4-6-15(7-5-13)22-12-16(19)18-11-14(2)10-17(3)20-8-9-21-17/h4-7,14H,8-12H2,1-3H3,(H,18,19). The molecule has 2 rings (SSSR count). The molecule has 1 unspecified atom stereocenters. The van der Waals surface area contributed by atoms with Crippen LogP contribution >= 0.6 is 11.8 Å². The maximum Gasteiger partial charge on any atom is 0.230 e. The van der Waals surface area contributed by atoms with Crippen LogP contribution < -0.4 is 5.32 Å². The lowest BCUT2D eigenvalue weighted by atomic mass is 10.0. The number of hydrogen-bond acceptors (Lipinski definition) is 4. The molecule has 1 saturated heterocycles. The summed E-state index contributed by atoms with van der Waals surface area (Å²) in [6.07, 6.45) is 0.790. The van der Waals surface area contributed by atoms with Crippen molar-refractivity contribution in [3.63, 3.8) is 0 Å². The zero-order chi connectivity index (χ0) is 16.0. The van der Waals surface area contributed by atoms with Crippen LogP contribution in [0.4, 0.5) is 0 Å². The third-order valence-electron chi connectivity index (χ3n) is 3.66. The van der Waals surface area contributed by atoms with E-state index in [2.05, 4.69) is 31.3 Å². The van der Waals surface area contributed by atoms with Gasteiger partial charge in [0.1, 0.15) is 0 Å². The second kappa shape index (κ2) is 7.99. The number of ether oxygens (including phenoxy) is 2. The molecule has 0 bridgehead atoms. The number of aryl methyl sites for hydroxylation is 1. The molecule has 0 aromatic heterocycles. The number of hydrogen-bond donors (Lipinski definition) is 1. The largest absolute Gasteiger partial charge is 0.355 e. The van der Waals surface area contributed by atoms with Crippen molar-refractivity contribution in [3.8, 4) is 0 Å². The molecule has 1 atom stereocenters. The van der Waals surface area contributed by atoms with Gasteiger partial charge in [-0.2, -0.15) is 0 Å². The van der Waals surface area contributed by atoms with E-state index in [0.717, 1.165) is 11.3 Å². The van der Waals surface area contributed by atoms with Crippen molar-refractivity contribution in [2.45, 2.75) is 37.9 Å². The Hall–Kier alpha value is -1.04. The van der Waals surface area contributed by atoms with Gasteiger partial charge >= 0.3 is 0 Å². The third-order valence-corrected chi connectivity index (χ3v) is 4.67. The van der Waals surface area contributed by atoms with Crippen molar-refractivity contribution in [2.24, 2.45) is 5.92 Å². The molecule has 1 aromatic rings. The lowest BCUT2D eigenvalue weighted by Crippen LogP contribution is -2.35. The summed E-state index contributed by atoms with van der Waals surface area (Å²) in [5.41, 5.74) is 1.23. The van der Waals surface area contributed by atoms with Crippen LogP contribution in [-0.2, 0) is 14.3 Å². The van der Waals surface area contributed by atoms with Crippen molar-refractivity contribution < 1.29 is 14.3 Å². The highest BCUT2D eigenvalue weighted by atomic mass is 32.2. The van der Waals surface area contributed by atoms with Crippen LogP contribution in [0, 0.1) is 12.8 Å². The highest BCUT2D eigenvalue weighted by Crippen LogP contribution is 2.26. The van der Waals surface area contributed by atoms with Gasteiger partial charge in [0.15, 0.2) is 5.79 Å². The first-order valence-electron chi connectivity index (χ1n) is 7.71. The second-order valence-electron chi connectivity index (χ2n) is 6.05. The summed E-state index contributed by atoms with van der Waals surface area (Å²) in [4.78, 5) is 13.0. The van der Waals surface area contributed by atoms with E-state index in [9.17, 15) is 4.79 Å². The Morgan fingerprint density at radius 2 is 1.95 bits per heavy atom. The van der Waals surface area contributed by atoms with Crippen LogP contribution in [0.25, 0.3) is 0 Å². The lowest BCUT2D eigenvalue weighted by molar-refractivity contribution is -0.154. The summed E-state index contributed by atoms with van der Waals surface area (Å²) in [6, 6.07) is 8.21. The lowest BCUT2D eigenvalue weighted by Gasteiger charge is -2.26. The number of carbonyl (C=O) groups excluding carboxylic acids is 1. The fourth-order valence-electron chi connectivity index (χ4n) is 2.50. The van der Waals surface area contributed by atoms with Crippen molar-refractivity contribution in [3.05, 3.63) is 29.8 Å². The van der Waals surface area contributed by atoms with E-state index in [1.165, 1.54) is 5.56 Å². The fourth-order valence-corrected chi connectivity index (χ4v) is 3.23. The van der Waals surface area contributed by atoms with Crippen molar-refractivity contribution in [2.75, 3.05) is 25.5 Å². The van der Waals surface area contributed by atoms with E-state index in [1.807, 2.05) is 19.1 Å². The van der Waals surface area contributed by atoms with Crippen LogP contribution in [0.3, 0.4) is 0 Å². The Morgan fingerprint density at radius 1 is 1.32 bits per heavy atom. The van der Waals surface area contributed by atoms with Crippen LogP contribution in [0.1, 0.15) is 25.8 Å². The van der Waals surface area contributed by atoms with Gasteiger partial charge in [-0.15, -0.1) is 11.8 Å². The molecule has 1 N–H and O–H groups in total. The molecule has 0 saturated carbocycles. The molecule has 22 heavy (non-hydrogen) atoms. The van der Waals surface area contributed by atoms with E-state index in [-0.39, 0.29) is 5.91 Å². The number of rotatable bonds is 7. The van der Waals surface area contributed by atoms with Gasteiger partial charge in [-0.05, 0) is 31.9 Å². The first-order valence-corrected chi connectivity index (χ1v) is 8.69. The Morgan fingerprint density at radius 3 is 2.59 bits per heavy atom. The molecule has 1 fully saturated rings. The summed E-state index contributed by atoms with van der Waals surface area (Å²) in [7, 11) is 0. The molecule has 0 radical (unpaired) electrons. The molecule has 0 spiro atoms. The predicted octanol–water partition coefficient (Wildman–Crippen LogP) is 2.99. The highest BCUT2D eigenvalue weighted by molar-refractivity contribution is 8.00. The Kier molecular flexibility index (Phi) is 6.29. The monoisotopic (exact) mass is 323 g/mol. The number of carbonyl (C=O) groups is 1. The van der Waals surface area contributed by atoms with E-state index >= 15 is 0 Å². The van der Waals surface area contributed by atoms with Gasteiger partial charge in [0, 0.05) is 17.9 Å². The van der Waals surface area contributed by atoms with Gasteiger partial charge in [-0.3, -0.25) is 4.79 Å². The van der Waals surface area contributed by atoms with E-state index in [1.54, 1.807) is 11.8 Å². The summed E-state index contributed by atoms with van der Waals surface area (Å²) in [6.45, 7) is 8.08. The SMILES string of the molecule is Cc1ccc(SCC(=O)NCC(C)CC2(C)OCCO2)cc1. The maximum absolute atomic E-state index is 11.9. The topological polar surface area (TPSA) is 47.6 Å². The average Bonchev–Trinajstić information content (AvgIpc) is 2.91. The minimum atomic E-state index is -0.485. The molecule has 5 heteroatoms. The molecule has 1 aliphatic rings. The van der Waals surface area contributed by atoms with Gasteiger partial charge in [0.2, 0.25) is 5.91 Å². The number of thioether (sulfide) groups is 1. The summed E-state index contributed by atoms with van der Waals surface area (Å²) < 4.78 is 11.2. The molecular formula is C17H25NO3S. The summed E-state index contributed by atoms with van der Waals surface area (Å²) in [5.74, 6) is 0.341. The predicted molar refractivity (Wildman–Crippen MR) is 89.0 cm³/mol. The Labute approximate surface area is 137 Å². The van der Waals surface area contributed by atoms with Gasteiger partial charge in [0.25, 0.3) is 0 Å². The molecule has 1 aromatic carbocycles. The van der Waals surface area contributed by atoms with Gasteiger partial charge in [-0.1, -0.05) is 24.6 Å². The highest BCUT2D eigenvalue weighted by Gasteiger charge is 2.32. The van der Waals surface area contributed by atoms with Gasteiger partial charge < -0.3 is 14.8 Å². The number of benzene rings is 1. The van der Waals surface area contributed by atoms with Crippen molar-refractivity contribution in [1.82, 2.24) is 5.32 Å².